The fraction of sp³-hybridized carbons (Fsp3) is 0.667. The Morgan fingerprint density at radius 2 is 2.00 bits per heavy atom. The standard InChI is InChI=1S/C15H23ClN4O/c1-5-20(6-2)15(21)10(4)17-13-9(3)12(16)18-14(19-13)11-7-8-11/h10-11H,5-8H2,1-4H3,(H,17,18,19). The number of nitrogens with one attached hydrogen (secondary N) is 1. The predicted octanol–water partition coefficient (Wildman–Crippen LogP) is 2.98. The zero-order valence-electron chi connectivity index (χ0n) is 13.1. The average Bonchev–Trinajstić information content (AvgIpc) is 3.29. The molecule has 1 heterocycles. The summed E-state index contributed by atoms with van der Waals surface area (Å²) in [5, 5.41) is 3.67. The van der Waals surface area contributed by atoms with Gasteiger partial charge in [0.25, 0.3) is 0 Å². The molecule has 1 amide bonds. The molecule has 0 aromatic carbocycles. The highest BCUT2D eigenvalue weighted by Crippen LogP contribution is 2.39. The quantitative estimate of drug-likeness (QED) is 0.821. The topological polar surface area (TPSA) is 58.1 Å². The van der Waals surface area contributed by atoms with Crippen LogP contribution >= 0.6 is 11.6 Å². The second-order valence-electron chi connectivity index (χ2n) is 5.50. The average molecular weight is 311 g/mol. The number of aromatic nitrogens is 2. The van der Waals surface area contributed by atoms with Gasteiger partial charge in [-0.05, 0) is 40.5 Å². The van der Waals surface area contributed by atoms with Crippen molar-refractivity contribution in [2.75, 3.05) is 18.4 Å². The lowest BCUT2D eigenvalue weighted by Gasteiger charge is -2.24. The number of likely N-dealkylation sites (N-methyl/N-ethyl adjacent to an activating group) is 1. The van der Waals surface area contributed by atoms with Crippen LogP contribution in [0.5, 0.6) is 0 Å². The normalized spacial score (nSPS) is 15.7. The molecule has 6 heteroatoms. The molecule has 1 fully saturated rings. The minimum absolute atomic E-state index is 0.0714. The second kappa shape index (κ2) is 6.60. The largest absolute Gasteiger partial charge is 0.358 e. The summed E-state index contributed by atoms with van der Waals surface area (Å²) in [5.74, 6) is 1.96. The second-order valence-corrected chi connectivity index (χ2v) is 5.86. The molecule has 1 aromatic heterocycles. The van der Waals surface area contributed by atoms with Crippen LogP contribution < -0.4 is 5.32 Å². The van der Waals surface area contributed by atoms with E-state index in [1.165, 1.54) is 0 Å². The highest BCUT2D eigenvalue weighted by atomic mass is 35.5. The summed E-state index contributed by atoms with van der Waals surface area (Å²) in [4.78, 5) is 23.0. The SMILES string of the molecule is CCN(CC)C(=O)C(C)Nc1nc(C2CC2)nc(Cl)c1C. The van der Waals surface area contributed by atoms with E-state index in [4.69, 9.17) is 11.6 Å². The molecular weight excluding hydrogens is 288 g/mol. The molecule has 0 spiro atoms. The number of carbonyl (C=O) groups is 1. The van der Waals surface area contributed by atoms with Crippen LogP contribution in [0.1, 0.15) is 50.9 Å². The monoisotopic (exact) mass is 310 g/mol. The van der Waals surface area contributed by atoms with Crippen molar-refractivity contribution in [1.29, 1.82) is 0 Å². The van der Waals surface area contributed by atoms with Gasteiger partial charge >= 0.3 is 0 Å². The summed E-state index contributed by atoms with van der Waals surface area (Å²) in [5.41, 5.74) is 0.792. The first-order chi connectivity index (χ1) is 9.97. The summed E-state index contributed by atoms with van der Waals surface area (Å²) < 4.78 is 0. The maximum atomic E-state index is 12.3. The van der Waals surface area contributed by atoms with Crippen LogP contribution in [0.2, 0.25) is 5.15 Å². The van der Waals surface area contributed by atoms with E-state index in [1.807, 2.05) is 27.7 Å². The third-order valence-corrected chi connectivity index (χ3v) is 4.21. The van der Waals surface area contributed by atoms with Gasteiger partial charge < -0.3 is 10.2 Å². The van der Waals surface area contributed by atoms with Crippen molar-refractivity contribution in [1.82, 2.24) is 14.9 Å². The molecule has 1 aliphatic carbocycles. The van der Waals surface area contributed by atoms with Gasteiger partial charge in [-0.1, -0.05) is 11.6 Å². The minimum Gasteiger partial charge on any atom is -0.358 e. The summed E-state index contributed by atoms with van der Waals surface area (Å²) in [6.07, 6.45) is 2.24. The van der Waals surface area contributed by atoms with Crippen LogP contribution in [-0.2, 0) is 4.79 Å². The Kier molecular flexibility index (Phi) is 5.04. The molecule has 1 aromatic rings. The third-order valence-electron chi connectivity index (χ3n) is 3.84. The van der Waals surface area contributed by atoms with E-state index in [2.05, 4.69) is 15.3 Å². The fourth-order valence-electron chi connectivity index (χ4n) is 2.25. The first kappa shape index (κ1) is 16.0. The van der Waals surface area contributed by atoms with Crippen molar-refractivity contribution in [2.24, 2.45) is 0 Å². The number of carbonyl (C=O) groups excluding carboxylic acids is 1. The van der Waals surface area contributed by atoms with Crippen molar-refractivity contribution in [2.45, 2.75) is 52.5 Å². The van der Waals surface area contributed by atoms with Gasteiger partial charge in [0.2, 0.25) is 5.91 Å². The number of rotatable bonds is 6. The molecule has 21 heavy (non-hydrogen) atoms. The highest BCUT2D eigenvalue weighted by Gasteiger charge is 2.28. The molecule has 1 atom stereocenters. The van der Waals surface area contributed by atoms with Gasteiger partial charge in [-0.15, -0.1) is 0 Å². The van der Waals surface area contributed by atoms with Crippen molar-refractivity contribution < 1.29 is 4.79 Å². The summed E-state index contributed by atoms with van der Waals surface area (Å²) in [7, 11) is 0. The first-order valence-electron chi connectivity index (χ1n) is 7.57. The molecule has 2 rings (SSSR count). The molecule has 0 radical (unpaired) electrons. The lowest BCUT2D eigenvalue weighted by molar-refractivity contribution is -0.131. The van der Waals surface area contributed by atoms with Gasteiger partial charge in [-0.25, -0.2) is 9.97 Å². The van der Waals surface area contributed by atoms with Gasteiger partial charge in [-0.3, -0.25) is 4.79 Å². The zero-order valence-corrected chi connectivity index (χ0v) is 13.9. The molecule has 5 nitrogen and oxygen atoms in total. The Balaban J connectivity index is 2.16. The fourth-order valence-corrected chi connectivity index (χ4v) is 2.42. The van der Waals surface area contributed by atoms with Gasteiger partial charge in [0.05, 0.1) is 0 Å². The van der Waals surface area contributed by atoms with Crippen molar-refractivity contribution in [3.05, 3.63) is 16.5 Å². The molecular formula is C15H23ClN4O. The number of halogens is 1. The van der Waals surface area contributed by atoms with Crippen LogP contribution in [0.15, 0.2) is 0 Å². The Labute approximate surface area is 131 Å². The van der Waals surface area contributed by atoms with Gasteiger partial charge in [0.1, 0.15) is 22.8 Å². The molecule has 0 aliphatic heterocycles. The molecule has 1 saturated carbocycles. The third kappa shape index (κ3) is 3.64. The number of hydrogen-bond acceptors (Lipinski definition) is 4. The molecule has 1 aliphatic rings. The summed E-state index contributed by atoms with van der Waals surface area (Å²) in [6.45, 7) is 9.09. The number of nitrogens with zero attached hydrogens (tertiary/aromatic N) is 3. The lowest BCUT2D eigenvalue weighted by atomic mass is 10.2. The van der Waals surface area contributed by atoms with E-state index in [1.54, 1.807) is 4.90 Å². The van der Waals surface area contributed by atoms with E-state index in [0.717, 1.165) is 24.2 Å². The molecule has 0 saturated heterocycles. The molecule has 1 unspecified atom stereocenters. The summed E-state index contributed by atoms with van der Waals surface area (Å²) >= 11 is 6.18. The van der Waals surface area contributed by atoms with Gasteiger partial charge in [0.15, 0.2) is 0 Å². The van der Waals surface area contributed by atoms with E-state index in [-0.39, 0.29) is 11.9 Å². The Bertz CT molecular complexity index is 527. The maximum absolute atomic E-state index is 12.3. The predicted molar refractivity (Wildman–Crippen MR) is 84.8 cm³/mol. The number of hydrogen-bond donors (Lipinski definition) is 1. The maximum Gasteiger partial charge on any atom is 0.244 e. The van der Waals surface area contributed by atoms with Crippen LogP contribution in [0.4, 0.5) is 5.82 Å². The van der Waals surface area contributed by atoms with Crippen LogP contribution in [-0.4, -0.2) is 39.9 Å². The van der Waals surface area contributed by atoms with Crippen molar-refractivity contribution in [3.63, 3.8) is 0 Å². The van der Waals surface area contributed by atoms with Crippen molar-refractivity contribution in [3.8, 4) is 0 Å². The van der Waals surface area contributed by atoms with Crippen LogP contribution in [0.25, 0.3) is 0 Å². The van der Waals surface area contributed by atoms with E-state index in [0.29, 0.717) is 30.0 Å². The smallest absolute Gasteiger partial charge is 0.244 e. The van der Waals surface area contributed by atoms with Crippen LogP contribution in [0.3, 0.4) is 0 Å². The summed E-state index contributed by atoms with van der Waals surface area (Å²) in [6, 6.07) is -0.332. The van der Waals surface area contributed by atoms with E-state index in [9.17, 15) is 4.79 Å². The Morgan fingerprint density at radius 3 is 2.52 bits per heavy atom. The molecule has 116 valence electrons. The first-order valence-corrected chi connectivity index (χ1v) is 7.95. The number of amides is 1. The molecule has 0 bridgehead atoms. The Morgan fingerprint density at radius 1 is 1.38 bits per heavy atom. The van der Waals surface area contributed by atoms with E-state index < -0.39 is 0 Å². The van der Waals surface area contributed by atoms with Crippen molar-refractivity contribution >= 4 is 23.3 Å². The van der Waals surface area contributed by atoms with Gasteiger partial charge in [0, 0.05) is 24.6 Å². The Hall–Kier alpha value is -1.36. The highest BCUT2D eigenvalue weighted by molar-refractivity contribution is 6.30. The number of anilines is 1. The van der Waals surface area contributed by atoms with Crippen LogP contribution in [0, 0.1) is 6.92 Å². The lowest BCUT2D eigenvalue weighted by Crippen LogP contribution is -2.41. The molecule has 1 N–H and O–H groups in total. The zero-order chi connectivity index (χ0) is 15.6. The van der Waals surface area contributed by atoms with Gasteiger partial charge in [-0.2, -0.15) is 0 Å². The minimum atomic E-state index is -0.332. The van der Waals surface area contributed by atoms with E-state index >= 15 is 0 Å².